The van der Waals surface area contributed by atoms with Gasteiger partial charge >= 0.3 is 0 Å². The first kappa shape index (κ1) is 13.8. The molecule has 0 aromatic rings. The first-order chi connectivity index (χ1) is 9.19. The largest absolute Gasteiger partial charge is 0.379 e. The minimum absolute atomic E-state index is 0.286. The highest BCUT2D eigenvalue weighted by Crippen LogP contribution is 2.33. The van der Waals surface area contributed by atoms with E-state index < -0.39 is 0 Å². The van der Waals surface area contributed by atoms with Crippen LogP contribution in [0.2, 0.25) is 0 Å². The molecular weight excluding hydrogens is 236 g/mol. The Bertz CT molecular complexity index is 295. The van der Waals surface area contributed by atoms with E-state index in [0.717, 1.165) is 25.7 Å². The summed E-state index contributed by atoms with van der Waals surface area (Å²) < 4.78 is 5.68. The summed E-state index contributed by atoms with van der Waals surface area (Å²) in [5, 5.41) is 3.83. The maximum Gasteiger partial charge on any atom is 0.0648 e. The highest BCUT2D eigenvalue weighted by Gasteiger charge is 2.42. The lowest BCUT2D eigenvalue weighted by molar-refractivity contribution is 0.00601. The topological polar surface area (TPSA) is 24.5 Å². The van der Waals surface area contributed by atoms with Crippen molar-refractivity contribution in [3.63, 3.8) is 0 Å². The van der Waals surface area contributed by atoms with Crippen molar-refractivity contribution in [2.24, 2.45) is 5.92 Å². The lowest BCUT2D eigenvalue weighted by Gasteiger charge is -2.49. The Morgan fingerprint density at radius 2 is 2.00 bits per heavy atom. The van der Waals surface area contributed by atoms with Crippen LogP contribution in [0, 0.1) is 5.92 Å². The number of rotatable bonds is 2. The molecule has 3 nitrogen and oxygen atoms in total. The molecule has 3 rings (SSSR count). The lowest BCUT2D eigenvalue weighted by Crippen LogP contribution is -2.64. The Balaban J connectivity index is 1.66. The average Bonchev–Trinajstić information content (AvgIpc) is 2.88. The quantitative estimate of drug-likeness (QED) is 0.830. The predicted octanol–water partition coefficient (Wildman–Crippen LogP) is 2.41. The SMILES string of the molecule is CC1CNC(C2CCCCC2)CN1C1(C)CCOC1. The first-order valence-electron chi connectivity index (χ1n) is 8.27. The van der Waals surface area contributed by atoms with Crippen LogP contribution in [0.4, 0.5) is 0 Å². The van der Waals surface area contributed by atoms with Crippen LogP contribution in [-0.4, -0.2) is 48.8 Å². The molecule has 1 saturated carbocycles. The molecule has 0 bridgehead atoms. The van der Waals surface area contributed by atoms with Crippen LogP contribution >= 0.6 is 0 Å². The lowest BCUT2D eigenvalue weighted by atomic mass is 9.81. The molecule has 0 radical (unpaired) electrons. The monoisotopic (exact) mass is 266 g/mol. The second-order valence-corrected chi connectivity index (χ2v) is 7.21. The summed E-state index contributed by atoms with van der Waals surface area (Å²) in [7, 11) is 0. The maximum atomic E-state index is 5.68. The minimum atomic E-state index is 0.286. The van der Waals surface area contributed by atoms with E-state index in [2.05, 4.69) is 24.1 Å². The van der Waals surface area contributed by atoms with Crippen LogP contribution in [-0.2, 0) is 4.74 Å². The van der Waals surface area contributed by atoms with Crippen LogP contribution in [0.25, 0.3) is 0 Å². The molecule has 0 amide bonds. The minimum Gasteiger partial charge on any atom is -0.379 e. The first-order valence-corrected chi connectivity index (χ1v) is 8.27. The van der Waals surface area contributed by atoms with Crippen molar-refractivity contribution in [2.45, 2.75) is 70.0 Å². The van der Waals surface area contributed by atoms with E-state index >= 15 is 0 Å². The molecule has 2 saturated heterocycles. The van der Waals surface area contributed by atoms with Gasteiger partial charge in [0.05, 0.1) is 6.61 Å². The van der Waals surface area contributed by atoms with E-state index in [0.29, 0.717) is 12.1 Å². The van der Waals surface area contributed by atoms with Gasteiger partial charge in [-0.2, -0.15) is 0 Å². The standard InChI is InChI=1S/C16H30N2O/c1-13-10-17-15(14-6-4-3-5-7-14)11-18(13)16(2)8-9-19-12-16/h13-15,17H,3-12H2,1-2H3. The van der Waals surface area contributed by atoms with E-state index in [-0.39, 0.29) is 5.54 Å². The third-order valence-corrected chi connectivity index (χ3v) is 5.71. The van der Waals surface area contributed by atoms with Crippen LogP contribution in [0.3, 0.4) is 0 Å². The van der Waals surface area contributed by atoms with Crippen molar-refractivity contribution in [3.05, 3.63) is 0 Å². The molecule has 0 spiro atoms. The Morgan fingerprint density at radius 1 is 1.21 bits per heavy atom. The van der Waals surface area contributed by atoms with E-state index in [1.54, 1.807) is 0 Å². The van der Waals surface area contributed by atoms with Gasteiger partial charge in [-0.3, -0.25) is 4.90 Å². The zero-order valence-electron chi connectivity index (χ0n) is 12.7. The molecule has 0 aromatic carbocycles. The van der Waals surface area contributed by atoms with Crippen molar-refractivity contribution in [3.8, 4) is 0 Å². The van der Waals surface area contributed by atoms with E-state index in [4.69, 9.17) is 4.74 Å². The van der Waals surface area contributed by atoms with Gasteiger partial charge in [-0.05, 0) is 39.0 Å². The van der Waals surface area contributed by atoms with E-state index in [9.17, 15) is 0 Å². The fourth-order valence-electron chi connectivity index (χ4n) is 4.38. The van der Waals surface area contributed by atoms with Crippen molar-refractivity contribution in [1.29, 1.82) is 0 Å². The number of hydrogen-bond donors (Lipinski definition) is 1. The molecule has 3 atom stereocenters. The highest BCUT2D eigenvalue weighted by molar-refractivity contribution is 4.98. The van der Waals surface area contributed by atoms with Gasteiger partial charge in [-0.25, -0.2) is 0 Å². The summed E-state index contributed by atoms with van der Waals surface area (Å²) >= 11 is 0. The molecule has 1 aliphatic carbocycles. The Hall–Kier alpha value is -0.120. The van der Waals surface area contributed by atoms with Crippen LogP contribution in [0.5, 0.6) is 0 Å². The maximum absolute atomic E-state index is 5.68. The van der Waals surface area contributed by atoms with Crippen molar-refractivity contribution in [2.75, 3.05) is 26.3 Å². The number of piperazine rings is 1. The zero-order chi connectivity index (χ0) is 13.3. The van der Waals surface area contributed by atoms with Gasteiger partial charge in [0.2, 0.25) is 0 Å². The van der Waals surface area contributed by atoms with Gasteiger partial charge < -0.3 is 10.1 Å². The van der Waals surface area contributed by atoms with Crippen molar-refractivity contribution >= 4 is 0 Å². The molecule has 2 heterocycles. The van der Waals surface area contributed by atoms with E-state index in [1.165, 1.54) is 45.1 Å². The van der Waals surface area contributed by atoms with E-state index in [1.807, 2.05) is 0 Å². The van der Waals surface area contributed by atoms with Crippen molar-refractivity contribution in [1.82, 2.24) is 10.2 Å². The number of ether oxygens (including phenoxy) is 1. The predicted molar refractivity (Wildman–Crippen MR) is 78.4 cm³/mol. The summed E-state index contributed by atoms with van der Waals surface area (Å²) in [5.74, 6) is 0.912. The summed E-state index contributed by atoms with van der Waals surface area (Å²) in [6, 6.07) is 1.36. The summed E-state index contributed by atoms with van der Waals surface area (Å²) in [6.07, 6.45) is 8.42. The Labute approximate surface area is 118 Å². The number of nitrogens with zero attached hydrogens (tertiary/aromatic N) is 1. The molecule has 3 heteroatoms. The summed E-state index contributed by atoms with van der Waals surface area (Å²) in [4.78, 5) is 2.75. The van der Waals surface area contributed by atoms with Gasteiger partial charge in [0.1, 0.15) is 0 Å². The molecule has 3 aliphatic rings. The molecule has 1 N–H and O–H groups in total. The van der Waals surface area contributed by atoms with Crippen LogP contribution < -0.4 is 5.32 Å². The molecular formula is C16H30N2O. The molecule has 3 unspecified atom stereocenters. The Morgan fingerprint density at radius 3 is 2.68 bits per heavy atom. The normalized spacial score (nSPS) is 42.6. The fraction of sp³-hybridized carbons (Fsp3) is 1.00. The number of hydrogen-bond acceptors (Lipinski definition) is 3. The highest BCUT2D eigenvalue weighted by atomic mass is 16.5. The summed E-state index contributed by atoms with van der Waals surface area (Å²) in [5.41, 5.74) is 0.286. The van der Waals surface area contributed by atoms with Gasteiger partial charge in [0, 0.05) is 37.3 Å². The third kappa shape index (κ3) is 2.84. The van der Waals surface area contributed by atoms with Gasteiger partial charge in [0.15, 0.2) is 0 Å². The Kier molecular flexibility index (Phi) is 4.16. The molecule has 0 aromatic heterocycles. The molecule has 2 aliphatic heterocycles. The average molecular weight is 266 g/mol. The third-order valence-electron chi connectivity index (χ3n) is 5.71. The second-order valence-electron chi connectivity index (χ2n) is 7.21. The zero-order valence-corrected chi connectivity index (χ0v) is 12.7. The second kappa shape index (κ2) is 5.71. The molecule has 19 heavy (non-hydrogen) atoms. The van der Waals surface area contributed by atoms with Gasteiger partial charge in [-0.1, -0.05) is 19.3 Å². The number of nitrogens with one attached hydrogen (secondary N) is 1. The molecule has 3 fully saturated rings. The van der Waals surface area contributed by atoms with Crippen LogP contribution in [0.15, 0.2) is 0 Å². The fourth-order valence-corrected chi connectivity index (χ4v) is 4.38. The van der Waals surface area contributed by atoms with Gasteiger partial charge in [-0.15, -0.1) is 0 Å². The van der Waals surface area contributed by atoms with Gasteiger partial charge in [0.25, 0.3) is 0 Å². The molecule has 110 valence electrons. The van der Waals surface area contributed by atoms with Crippen LogP contribution in [0.1, 0.15) is 52.4 Å². The smallest absolute Gasteiger partial charge is 0.0648 e. The van der Waals surface area contributed by atoms with Crippen molar-refractivity contribution < 1.29 is 4.74 Å². The summed E-state index contributed by atoms with van der Waals surface area (Å²) in [6.45, 7) is 9.02.